The molecule has 0 aliphatic rings. The Morgan fingerprint density at radius 1 is 0.929 bits per heavy atom. The molecule has 0 saturated carbocycles. The monoisotopic (exact) mass is 383 g/mol. The number of methoxy groups -OCH3 is 4. The maximum absolute atomic E-state index is 5.54. The van der Waals surface area contributed by atoms with Crippen molar-refractivity contribution in [1.29, 1.82) is 0 Å². The van der Waals surface area contributed by atoms with Crippen LogP contribution in [0.15, 0.2) is 42.6 Å². The molecule has 3 aromatic rings. The molecule has 148 valence electrons. The highest BCUT2D eigenvalue weighted by Gasteiger charge is 2.16. The van der Waals surface area contributed by atoms with E-state index in [4.69, 9.17) is 18.9 Å². The highest BCUT2D eigenvalue weighted by Crippen LogP contribution is 2.40. The Morgan fingerprint density at radius 2 is 1.71 bits per heavy atom. The Kier molecular flexibility index (Phi) is 5.93. The van der Waals surface area contributed by atoms with Gasteiger partial charge in [0, 0.05) is 24.7 Å². The number of hydrogen-bond donors (Lipinski definition) is 1. The molecule has 7 heteroatoms. The Balaban J connectivity index is 1.83. The van der Waals surface area contributed by atoms with Gasteiger partial charge in [0.2, 0.25) is 11.7 Å². The lowest BCUT2D eigenvalue weighted by Gasteiger charge is -2.16. The summed E-state index contributed by atoms with van der Waals surface area (Å²) in [6.45, 7) is 0.520. The van der Waals surface area contributed by atoms with E-state index >= 15 is 0 Å². The average Bonchev–Trinajstić information content (AvgIpc) is 3.11. The summed E-state index contributed by atoms with van der Waals surface area (Å²) in [5, 5.41) is 3.36. The van der Waals surface area contributed by atoms with Crippen LogP contribution in [0.1, 0.15) is 5.56 Å². The molecule has 0 atom stereocenters. The number of rotatable bonds is 8. The zero-order chi connectivity index (χ0) is 20.1. The molecule has 2 aromatic carbocycles. The average molecular weight is 383 g/mol. The Morgan fingerprint density at radius 3 is 2.39 bits per heavy atom. The number of nitrogens with one attached hydrogen (secondary N) is 1. The smallest absolute Gasteiger partial charge is 0.203 e. The van der Waals surface area contributed by atoms with Gasteiger partial charge in [-0.05, 0) is 24.3 Å². The lowest BCUT2D eigenvalue weighted by Crippen LogP contribution is -2.08. The third-order valence-electron chi connectivity index (χ3n) is 4.58. The summed E-state index contributed by atoms with van der Waals surface area (Å²) < 4.78 is 23.6. The summed E-state index contributed by atoms with van der Waals surface area (Å²) in [5.74, 6) is 3.39. The minimum absolute atomic E-state index is 0.520. The summed E-state index contributed by atoms with van der Waals surface area (Å²) >= 11 is 0. The molecule has 0 fully saturated rings. The van der Waals surface area contributed by atoms with E-state index < -0.39 is 0 Å². The van der Waals surface area contributed by atoms with Gasteiger partial charge in [0.1, 0.15) is 5.75 Å². The molecule has 0 unspecified atom stereocenters. The number of imidazole rings is 1. The van der Waals surface area contributed by atoms with Gasteiger partial charge in [0.25, 0.3) is 0 Å². The van der Waals surface area contributed by atoms with Crippen LogP contribution in [0, 0.1) is 0 Å². The molecule has 3 rings (SSSR count). The maximum atomic E-state index is 5.54. The predicted octanol–water partition coefficient (Wildman–Crippen LogP) is 3.73. The topological polar surface area (TPSA) is 66.8 Å². The molecule has 0 aliphatic heterocycles. The molecule has 0 saturated heterocycles. The van der Waals surface area contributed by atoms with Crippen molar-refractivity contribution in [2.75, 3.05) is 33.8 Å². The molecular formula is C21H25N3O4. The van der Waals surface area contributed by atoms with Crippen molar-refractivity contribution in [1.82, 2.24) is 9.55 Å². The Hall–Kier alpha value is -3.35. The van der Waals surface area contributed by atoms with Crippen molar-refractivity contribution in [3.05, 3.63) is 48.2 Å². The van der Waals surface area contributed by atoms with Gasteiger partial charge in [-0.1, -0.05) is 12.1 Å². The maximum Gasteiger partial charge on any atom is 0.203 e. The van der Waals surface area contributed by atoms with Gasteiger partial charge in [0.05, 0.1) is 40.3 Å². The molecule has 0 radical (unpaired) electrons. The number of anilines is 1. The molecule has 28 heavy (non-hydrogen) atoms. The first-order valence-corrected chi connectivity index (χ1v) is 8.80. The van der Waals surface area contributed by atoms with E-state index in [1.165, 1.54) is 0 Å². The summed E-state index contributed by atoms with van der Waals surface area (Å²) in [4.78, 5) is 4.51. The van der Waals surface area contributed by atoms with Gasteiger partial charge in [-0.25, -0.2) is 4.98 Å². The van der Waals surface area contributed by atoms with E-state index in [2.05, 4.69) is 10.3 Å². The van der Waals surface area contributed by atoms with Crippen molar-refractivity contribution in [2.24, 2.45) is 7.05 Å². The fourth-order valence-corrected chi connectivity index (χ4v) is 3.10. The first kappa shape index (κ1) is 19.4. The largest absolute Gasteiger partial charge is 0.497 e. The minimum atomic E-state index is 0.520. The molecule has 1 aromatic heterocycles. The van der Waals surface area contributed by atoms with E-state index in [-0.39, 0.29) is 0 Å². The van der Waals surface area contributed by atoms with Crippen molar-refractivity contribution >= 4 is 5.95 Å². The van der Waals surface area contributed by atoms with Crippen LogP contribution in [0.4, 0.5) is 5.95 Å². The third kappa shape index (κ3) is 3.69. The number of benzene rings is 2. The minimum Gasteiger partial charge on any atom is -0.497 e. The fourth-order valence-electron chi connectivity index (χ4n) is 3.10. The molecule has 0 spiro atoms. The van der Waals surface area contributed by atoms with Crippen molar-refractivity contribution in [3.8, 4) is 34.3 Å². The molecular weight excluding hydrogens is 358 g/mol. The SMILES string of the molecule is COc1cccc(-c2cnc(NCc3ccc(OC)c(OC)c3OC)n2C)c1. The van der Waals surface area contributed by atoms with Crippen LogP contribution in [0.3, 0.4) is 0 Å². The Bertz CT molecular complexity index is 953. The summed E-state index contributed by atoms with van der Waals surface area (Å²) in [6.07, 6.45) is 1.84. The first-order valence-electron chi connectivity index (χ1n) is 8.80. The van der Waals surface area contributed by atoms with Crippen LogP contribution in [-0.4, -0.2) is 38.0 Å². The van der Waals surface area contributed by atoms with Gasteiger partial charge >= 0.3 is 0 Å². The zero-order valence-electron chi connectivity index (χ0n) is 16.8. The fraction of sp³-hybridized carbons (Fsp3) is 0.286. The van der Waals surface area contributed by atoms with E-state index in [0.717, 1.165) is 28.5 Å². The lowest BCUT2D eigenvalue weighted by molar-refractivity contribution is 0.322. The van der Waals surface area contributed by atoms with Crippen molar-refractivity contribution < 1.29 is 18.9 Å². The zero-order valence-corrected chi connectivity index (χ0v) is 16.8. The normalized spacial score (nSPS) is 10.5. The molecule has 1 heterocycles. The van der Waals surface area contributed by atoms with Gasteiger partial charge in [-0.3, -0.25) is 0 Å². The molecule has 7 nitrogen and oxygen atoms in total. The number of nitrogens with zero attached hydrogens (tertiary/aromatic N) is 2. The van der Waals surface area contributed by atoms with Crippen LogP contribution < -0.4 is 24.3 Å². The quantitative estimate of drug-likeness (QED) is 0.639. The summed E-state index contributed by atoms with van der Waals surface area (Å²) in [5.41, 5.74) is 2.96. The highest BCUT2D eigenvalue weighted by atomic mass is 16.5. The second-order valence-electron chi connectivity index (χ2n) is 6.11. The van der Waals surface area contributed by atoms with Crippen LogP contribution in [0.25, 0.3) is 11.3 Å². The van der Waals surface area contributed by atoms with Crippen LogP contribution in [-0.2, 0) is 13.6 Å². The highest BCUT2D eigenvalue weighted by molar-refractivity contribution is 5.63. The van der Waals surface area contributed by atoms with E-state index in [0.29, 0.717) is 23.8 Å². The Labute approximate surface area is 164 Å². The van der Waals surface area contributed by atoms with Crippen molar-refractivity contribution in [2.45, 2.75) is 6.54 Å². The second-order valence-corrected chi connectivity index (χ2v) is 6.11. The molecule has 0 aliphatic carbocycles. The predicted molar refractivity (Wildman–Crippen MR) is 109 cm³/mol. The van der Waals surface area contributed by atoms with Crippen LogP contribution >= 0.6 is 0 Å². The molecule has 0 amide bonds. The standard InChI is InChI=1S/C21H25N3O4/c1-24-17(14-7-6-8-16(11-14)25-2)13-23-21(24)22-12-15-9-10-18(26-3)20(28-5)19(15)27-4/h6-11,13H,12H2,1-5H3,(H,22,23). The molecule has 1 N–H and O–H groups in total. The summed E-state index contributed by atoms with van der Waals surface area (Å²) in [7, 11) is 8.43. The van der Waals surface area contributed by atoms with Gasteiger partial charge in [-0.15, -0.1) is 0 Å². The van der Waals surface area contributed by atoms with Gasteiger partial charge in [-0.2, -0.15) is 0 Å². The number of hydrogen-bond acceptors (Lipinski definition) is 6. The second kappa shape index (κ2) is 8.56. The van der Waals surface area contributed by atoms with Crippen LogP contribution in [0.2, 0.25) is 0 Å². The van der Waals surface area contributed by atoms with E-state index in [9.17, 15) is 0 Å². The van der Waals surface area contributed by atoms with E-state index in [1.807, 2.05) is 54.2 Å². The van der Waals surface area contributed by atoms with Gasteiger partial charge < -0.3 is 28.8 Å². The molecule has 0 bridgehead atoms. The lowest BCUT2D eigenvalue weighted by atomic mass is 10.1. The van der Waals surface area contributed by atoms with Crippen LogP contribution in [0.5, 0.6) is 23.0 Å². The van der Waals surface area contributed by atoms with Crippen molar-refractivity contribution in [3.63, 3.8) is 0 Å². The number of ether oxygens (including phenoxy) is 4. The summed E-state index contributed by atoms with van der Waals surface area (Å²) in [6, 6.07) is 11.7. The van der Waals surface area contributed by atoms with Gasteiger partial charge in [0.15, 0.2) is 11.5 Å². The first-order chi connectivity index (χ1) is 13.6. The third-order valence-corrected chi connectivity index (χ3v) is 4.58. The van der Waals surface area contributed by atoms with E-state index in [1.54, 1.807) is 28.4 Å². The number of aromatic nitrogens is 2.